The van der Waals surface area contributed by atoms with E-state index in [-0.39, 0.29) is 5.91 Å². The average Bonchev–Trinajstić information content (AvgIpc) is 2.97. The van der Waals surface area contributed by atoms with Gasteiger partial charge in [0.15, 0.2) is 0 Å². The lowest BCUT2D eigenvalue weighted by atomic mass is 9.92. The predicted octanol–water partition coefficient (Wildman–Crippen LogP) is 1.46. The molecular formula is C21H22N4O5. The molecule has 0 aliphatic carbocycles. The first-order chi connectivity index (χ1) is 14.3. The van der Waals surface area contributed by atoms with Crippen LogP contribution in [-0.2, 0) is 15.1 Å². The zero-order chi connectivity index (χ0) is 21.9. The minimum Gasteiger partial charge on any atom is -0.497 e. The van der Waals surface area contributed by atoms with Crippen LogP contribution in [0.2, 0.25) is 0 Å². The van der Waals surface area contributed by atoms with Crippen LogP contribution in [0.3, 0.4) is 0 Å². The van der Waals surface area contributed by atoms with E-state index in [2.05, 4.69) is 16.0 Å². The first-order valence-corrected chi connectivity index (χ1v) is 9.19. The molecule has 0 spiro atoms. The van der Waals surface area contributed by atoms with Gasteiger partial charge in [-0.2, -0.15) is 0 Å². The number of nitrogens with zero attached hydrogens (tertiary/aromatic N) is 1. The highest BCUT2D eigenvalue weighted by Gasteiger charge is 2.49. The van der Waals surface area contributed by atoms with Crippen LogP contribution in [0.4, 0.5) is 10.5 Å². The molecule has 156 valence electrons. The van der Waals surface area contributed by atoms with Crippen molar-refractivity contribution in [2.24, 2.45) is 0 Å². The third kappa shape index (κ3) is 3.95. The molecular weight excluding hydrogens is 388 g/mol. The molecule has 0 radical (unpaired) electrons. The number of imide groups is 1. The molecule has 0 saturated carbocycles. The molecule has 2 aromatic rings. The number of methoxy groups -OCH3 is 1. The summed E-state index contributed by atoms with van der Waals surface area (Å²) in [6.45, 7) is 1.14. The van der Waals surface area contributed by atoms with Crippen LogP contribution in [0.15, 0.2) is 48.5 Å². The number of rotatable bonds is 6. The summed E-state index contributed by atoms with van der Waals surface area (Å²) in [6, 6.07) is 12.4. The van der Waals surface area contributed by atoms with Gasteiger partial charge in [0.25, 0.3) is 11.8 Å². The summed E-state index contributed by atoms with van der Waals surface area (Å²) in [5.74, 6) is -0.775. The second-order valence-corrected chi connectivity index (χ2v) is 6.88. The van der Waals surface area contributed by atoms with E-state index in [9.17, 15) is 19.2 Å². The lowest BCUT2D eigenvalue weighted by Crippen LogP contribution is -2.42. The Morgan fingerprint density at radius 2 is 1.83 bits per heavy atom. The third-order valence-electron chi connectivity index (χ3n) is 4.88. The fourth-order valence-corrected chi connectivity index (χ4v) is 3.16. The van der Waals surface area contributed by atoms with Gasteiger partial charge in [-0.15, -0.1) is 0 Å². The van der Waals surface area contributed by atoms with Crippen LogP contribution < -0.4 is 20.7 Å². The van der Waals surface area contributed by atoms with Gasteiger partial charge >= 0.3 is 6.03 Å². The number of carbonyl (C=O) groups is 4. The summed E-state index contributed by atoms with van der Waals surface area (Å²) < 4.78 is 5.18. The second kappa shape index (κ2) is 8.24. The van der Waals surface area contributed by atoms with Crippen molar-refractivity contribution in [3.05, 3.63) is 59.7 Å². The molecule has 0 bridgehead atoms. The van der Waals surface area contributed by atoms with Crippen molar-refractivity contribution in [3.63, 3.8) is 0 Å². The van der Waals surface area contributed by atoms with Gasteiger partial charge in [-0.25, -0.2) is 4.79 Å². The molecule has 30 heavy (non-hydrogen) atoms. The zero-order valence-corrected chi connectivity index (χ0v) is 16.8. The molecule has 3 rings (SSSR count). The van der Waals surface area contributed by atoms with Gasteiger partial charge < -0.3 is 20.7 Å². The Hall–Kier alpha value is -3.88. The minimum absolute atomic E-state index is 0.246. The molecule has 1 aliphatic rings. The Kier molecular flexibility index (Phi) is 5.72. The Balaban J connectivity index is 1.70. The maximum absolute atomic E-state index is 13.0. The molecule has 5 amide bonds. The first-order valence-electron chi connectivity index (χ1n) is 9.19. The van der Waals surface area contributed by atoms with Gasteiger partial charge in [-0.05, 0) is 48.9 Å². The van der Waals surface area contributed by atoms with E-state index in [1.807, 2.05) is 0 Å². The van der Waals surface area contributed by atoms with Crippen LogP contribution in [0.1, 0.15) is 22.8 Å². The summed E-state index contributed by atoms with van der Waals surface area (Å²) in [5, 5.41) is 7.77. The van der Waals surface area contributed by atoms with Crippen molar-refractivity contribution >= 4 is 29.4 Å². The number of benzene rings is 2. The molecule has 2 aromatic carbocycles. The third-order valence-corrected chi connectivity index (χ3v) is 4.88. The van der Waals surface area contributed by atoms with E-state index >= 15 is 0 Å². The van der Waals surface area contributed by atoms with E-state index < -0.39 is 29.9 Å². The van der Waals surface area contributed by atoms with Crippen molar-refractivity contribution in [1.82, 2.24) is 15.5 Å². The van der Waals surface area contributed by atoms with Crippen LogP contribution in [-0.4, -0.2) is 49.4 Å². The van der Waals surface area contributed by atoms with Crippen molar-refractivity contribution in [2.45, 2.75) is 12.5 Å². The van der Waals surface area contributed by atoms with Crippen LogP contribution in [0, 0.1) is 0 Å². The van der Waals surface area contributed by atoms with Gasteiger partial charge in [-0.1, -0.05) is 12.1 Å². The number of anilines is 1. The number of ether oxygens (including phenoxy) is 1. The number of amides is 5. The Bertz CT molecular complexity index is 1000. The summed E-state index contributed by atoms with van der Waals surface area (Å²) in [5.41, 5.74) is 0.128. The maximum atomic E-state index is 13.0. The normalized spacial score (nSPS) is 18.0. The standard InChI is InChI=1S/C21H22N4O5/c1-21(14-5-4-6-16(11-14)30-3)19(28)25(20(29)24-21)12-17(26)23-15-9-7-13(8-10-15)18(27)22-2/h4-11H,12H2,1-3H3,(H,22,27)(H,23,26)(H,24,29)/t21-/m1/s1. The van der Waals surface area contributed by atoms with Gasteiger partial charge in [0.2, 0.25) is 5.91 Å². The van der Waals surface area contributed by atoms with E-state index in [0.717, 1.165) is 4.90 Å². The zero-order valence-electron chi connectivity index (χ0n) is 16.8. The molecule has 1 fully saturated rings. The van der Waals surface area contributed by atoms with Crippen molar-refractivity contribution in [1.29, 1.82) is 0 Å². The molecule has 1 atom stereocenters. The monoisotopic (exact) mass is 410 g/mol. The molecule has 0 unspecified atom stereocenters. The predicted molar refractivity (Wildman–Crippen MR) is 109 cm³/mol. The fraction of sp³-hybridized carbons (Fsp3) is 0.238. The summed E-state index contributed by atoms with van der Waals surface area (Å²) in [6.07, 6.45) is 0. The lowest BCUT2D eigenvalue weighted by Gasteiger charge is -2.22. The molecule has 1 saturated heterocycles. The average molecular weight is 410 g/mol. The van der Waals surface area contributed by atoms with Crippen molar-refractivity contribution < 1.29 is 23.9 Å². The number of hydrogen-bond acceptors (Lipinski definition) is 5. The molecule has 1 aliphatic heterocycles. The SMILES string of the molecule is CNC(=O)c1ccc(NC(=O)CN2C(=O)N[C@](C)(c3cccc(OC)c3)C2=O)cc1. The highest BCUT2D eigenvalue weighted by Crippen LogP contribution is 2.30. The largest absolute Gasteiger partial charge is 0.497 e. The summed E-state index contributed by atoms with van der Waals surface area (Å²) in [4.78, 5) is 50.2. The molecule has 0 aromatic heterocycles. The second-order valence-electron chi connectivity index (χ2n) is 6.88. The van der Waals surface area contributed by atoms with Crippen LogP contribution >= 0.6 is 0 Å². The fourth-order valence-electron chi connectivity index (χ4n) is 3.16. The maximum Gasteiger partial charge on any atom is 0.325 e. The summed E-state index contributed by atoms with van der Waals surface area (Å²) in [7, 11) is 3.03. The number of carbonyl (C=O) groups excluding carboxylic acids is 4. The molecule has 3 N–H and O–H groups in total. The number of hydrogen-bond donors (Lipinski definition) is 3. The smallest absolute Gasteiger partial charge is 0.325 e. The Morgan fingerprint density at radius 1 is 1.13 bits per heavy atom. The van der Waals surface area contributed by atoms with E-state index in [1.165, 1.54) is 14.2 Å². The van der Waals surface area contributed by atoms with Gasteiger partial charge in [-0.3, -0.25) is 19.3 Å². The minimum atomic E-state index is -1.30. The van der Waals surface area contributed by atoms with Crippen LogP contribution in [0.25, 0.3) is 0 Å². The van der Waals surface area contributed by atoms with E-state index in [1.54, 1.807) is 55.5 Å². The van der Waals surface area contributed by atoms with Crippen molar-refractivity contribution in [2.75, 3.05) is 26.0 Å². The Labute approximate surface area is 173 Å². The van der Waals surface area contributed by atoms with Gasteiger partial charge in [0, 0.05) is 18.3 Å². The van der Waals surface area contributed by atoms with Crippen molar-refractivity contribution in [3.8, 4) is 5.75 Å². The number of nitrogens with one attached hydrogen (secondary N) is 3. The van der Waals surface area contributed by atoms with Crippen LogP contribution in [0.5, 0.6) is 5.75 Å². The van der Waals surface area contributed by atoms with E-state index in [0.29, 0.717) is 22.6 Å². The van der Waals surface area contributed by atoms with Gasteiger partial charge in [0.05, 0.1) is 7.11 Å². The highest BCUT2D eigenvalue weighted by atomic mass is 16.5. The quantitative estimate of drug-likeness (QED) is 0.624. The lowest BCUT2D eigenvalue weighted by molar-refractivity contribution is -0.133. The van der Waals surface area contributed by atoms with Gasteiger partial charge in [0.1, 0.15) is 17.8 Å². The highest BCUT2D eigenvalue weighted by molar-refractivity contribution is 6.10. The topological polar surface area (TPSA) is 117 Å². The molecule has 1 heterocycles. The summed E-state index contributed by atoms with van der Waals surface area (Å²) >= 11 is 0. The molecule has 9 heteroatoms. The molecule has 9 nitrogen and oxygen atoms in total. The van der Waals surface area contributed by atoms with E-state index in [4.69, 9.17) is 4.74 Å². The Morgan fingerprint density at radius 3 is 2.47 bits per heavy atom. The number of urea groups is 1. The first kappa shape index (κ1) is 20.8.